The average Bonchev–Trinajstić information content (AvgIpc) is 3.12. The molecule has 32 heavy (non-hydrogen) atoms. The first-order chi connectivity index (χ1) is 15.2. The normalized spacial score (nSPS) is 14.4. The number of nitrogens with zero attached hydrogens (tertiary/aromatic N) is 1. The predicted octanol–water partition coefficient (Wildman–Crippen LogP) is 5.10. The molecule has 0 unspecified atom stereocenters. The Bertz CT molecular complexity index is 1220. The summed E-state index contributed by atoms with van der Waals surface area (Å²) in [4.78, 5) is 30.2. The molecule has 0 aliphatic heterocycles. The molecule has 1 heterocycles. The number of pyridine rings is 1. The first-order valence-electron chi connectivity index (χ1n) is 10.9. The second-order valence-corrected chi connectivity index (χ2v) is 9.29. The third-order valence-electron chi connectivity index (χ3n) is 5.41. The maximum absolute atomic E-state index is 13.1. The molecule has 1 aliphatic carbocycles. The van der Waals surface area contributed by atoms with Crippen LogP contribution in [0, 0.1) is 6.92 Å². The maximum Gasteiger partial charge on any atom is 0.339 e. The summed E-state index contributed by atoms with van der Waals surface area (Å²) in [6.07, 6.45) is 3.65. The van der Waals surface area contributed by atoms with Gasteiger partial charge in [-0.25, -0.2) is 9.78 Å². The Morgan fingerprint density at radius 1 is 1.06 bits per heavy atom. The summed E-state index contributed by atoms with van der Waals surface area (Å²) >= 11 is 0. The smallest absolute Gasteiger partial charge is 0.339 e. The molecule has 0 saturated heterocycles. The summed E-state index contributed by atoms with van der Waals surface area (Å²) in [7, 11) is 0. The molecule has 0 fully saturated rings. The molecule has 1 N–H and O–H groups in total. The Morgan fingerprint density at radius 3 is 2.50 bits per heavy atom. The van der Waals surface area contributed by atoms with Gasteiger partial charge in [-0.3, -0.25) is 4.79 Å². The zero-order chi connectivity index (χ0) is 22.9. The molecule has 2 aromatic carbocycles. The second kappa shape index (κ2) is 8.58. The Morgan fingerprint density at radius 2 is 1.78 bits per heavy atom. The summed E-state index contributed by atoms with van der Waals surface area (Å²) in [5.41, 5.74) is 6.03. The van der Waals surface area contributed by atoms with Gasteiger partial charge in [0.15, 0.2) is 6.61 Å². The van der Waals surface area contributed by atoms with Gasteiger partial charge in [0, 0.05) is 10.9 Å². The van der Waals surface area contributed by atoms with E-state index in [1.807, 2.05) is 45.0 Å². The molecule has 1 amide bonds. The average molecular weight is 429 g/mol. The van der Waals surface area contributed by atoms with Gasteiger partial charge in [-0.15, -0.1) is 0 Å². The summed E-state index contributed by atoms with van der Waals surface area (Å²) in [6.45, 7) is 7.41. The lowest BCUT2D eigenvalue weighted by Crippen LogP contribution is -2.42. The number of benzene rings is 2. The number of hydrogen-bond acceptors (Lipinski definition) is 4. The van der Waals surface area contributed by atoms with Crippen molar-refractivity contribution in [2.24, 2.45) is 0 Å². The number of ether oxygens (including phenoxy) is 1. The molecule has 0 bridgehead atoms. The highest BCUT2D eigenvalue weighted by molar-refractivity contribution is 6.07. The Hall–Kier alpha value is -3.47. The molecule has 3 aromatic rings. The van der Waals surface area contributed by atoms with E-state index in [1.165, 1.54) is 5.56 Å². The fourth-order valence-corrected chi connectivity index (χ4v) is 4.03. The van der Waals surface area contributed by atoms with Crippen molar-refractivity contribution in [1.82, 2.24) is 10.3 Å². The molecular weight excluding hydrogens is 400 g/mol. The van der Waals surface area contributed by atoms with Crippen LogP contribution in [-0.2, 0) is 16.0 Å². The number of para-hydroxylation sites is 1. The third kappa shape index (κ3) is 4.72. The highest BCUT2D eigenvalue weighted by Gasteiger charge is 2.28. The number of esters is 1. The fraction of sp³-hybridized carbons (Fsp3) is 0.296. The van der Waals surface area contributed by atoms with Crippen molar-refractivity contribution in [1.29, 1.82) is 0 Å². The monoisotopic (exact) mass is 428 g/mol. The Balaban J connectivity index is 1.70. The van der Waals surface area contributed by atoms with E-state index in [4.69, 9.17) is 9.72 Å². The van der Waals surface area contributed by atoms with Gasteiger partial charge in [-0.2, -0.15) is 0 Å². The van der Waals surface area contributed by atoms with Crippen molar-refractivity contribution in [3.05, 3.63) is 76.5 Å². The lowest BCUT2D eigenvalue weighted by atomic mass is 10.0. The van der Waals surface area contributed by atoms with Crippen LogP contribution in [0.15, 0.2) is 48.5 Å². The van der Waals surface area contributed by atoms with Crippen LogP contribution in [0.5, 0.6) is 0 Å². The maximum atomic E-state index is 13.1. The van der Waals surface area contributed by atoms with E-state index in [0.29, 0.717) is 12.0 Å². The zero-order valence-electron chi connectivity index (χ0n) is 19.0. The molecule has 164 valence electrons. The lowest BCUT2D eigenvalue weighted by molar-refractivity contribution is -0.125. The van der Waals surface area contributed by atoms with Gasteiger partial charge in [0.1, 0.15) is 0 Å². The van der Waals surface area contributed by atoms with Crippen molar-refractivity contribution < 1.29 is 14.3 Å². The minimum atomic E-state index is -0.486. The SMILES string of the molecule is Cc1ccc(C=C2CCc3c2nc2ccccc2c3C(=O)OCC(=O)NC(C)(C)C)cc1. The molecule has 5 nitrogen and oxygen atoms in total. The molecule has 1 aromatic heterocycles. The van der Waals surface area contributed by atoms with E-state index in [1.54, 1.807) is 0 Å². The number of hydrogen-bond donors (Lipinski definition) is 1. The number of aryl methyl sites for hydroxylation is 1. The van der Waals surface area contributed by atoms with Crippen molar-refractivity contribution in [3.8, 4) is 0 Å². The Labute approximate surface area is 188 Å². The highest BCUT2D eigenvalue weighted by Crippen LogP contribution is 2.37. The van der Waals surface area contributed by atoms with Gasteiger partial charge < -0.3 is 10.1 Å². The van der Waals surface area contributed by atoms with E-state index in [9.17, 15) is 9.59 Å². The van der Waals surface area contributed by atoms with Crippen molar-refractivity contribution in [2.45, 2.75) is 46.1 Å². The van der Waals surface area contributed by atoms with E-state index >= 15 is 0 Å². The molecule has 0 atom stereocenters. The zero-order valence-corrected chi connectivity index (χ0v) is 19.0. The van der Waals surface area contributed by atoms with Crippen LogP contribution in [0.3, 0.4) is 0 Å². The van der Waals surface area contributed by atoms with Gasteiger partial charge in [-0.05, 0) is 69.4 Å². The second-order valence-electron chi connectivity index (χ2n) is 9.29. The molecular formula is C27H28N2O3. The third-order valence-corrected chi connectivity index (χ3v) is 5.41. The van der Waals surface area contributed by atoms with Gasteiger partial charge in [-0.1, -0.05) is 48.0 Å². The number of carbonyl (C=O) groups excluding carboxylic acids is 2. The predicted molar refractivity (Wildman–Crippen MR) is 127 cm³/mol. The van der Waals surface area contributed by atoms with E-state index in [-0.39, 0.29) is 18.1 Å². The summed E-state index contributed by atoms with van der Waals surface area (Å²) in [5.74, 6) is -0.804. The molecule has 5 heteroatoms. The largest absolute Gasteiger partial charge is 0.452 e. The number of aromatic nitrogens is 1. The first kappa shape index (κ1) is 21.8. The molecule has 0 saturated carbocycles. The quantitative estimate of drug-likeness (QED) is 0.587. The van der Waals surface area contributed by atoms with Crippen LogP contribution in [0.1, 0.15) is 59.9 Å². The van der Waals surface area contributed by atoms with Crippen LogP contribution in [-0.4, -0.2) is 29.0 Å². The lowest BCUT2D eigenvalue weighted by Gasteiger charge is -2.20. The van der Waals surface area contributed by atoms with Gasteiger partial charge >= 0.3 is 5.97 Å². The van der Waals surface area contributed by atoms with Crippen molar-refractivity contribution >= 4 is 34.4 Å². The number of carbonyl (C=O) groups is 2. The molecule has 0 radical (unpaired) electrons. The minimum absolute atomic E-state index is 0.312. The van der Waals surface area contributed by atoms with Crippen LogP contribution >= 0.6 is 0 Å². The summed E-state index contributed by atoms with van der Waals surface area (Å²) in [5, 5.41) is 3.57. The molecule has 0 spiro atoms. The van der Waals surface area contributed by atoms with Crippen molar-refractivity contribution in [2.75, 3.05) is 6.61 Å². The van der Waals surface area contributed by atoms with Gasteiger partial charge in [0.05, 0.1) is 16.8 Å². The Kier molecular flexibility index (Phi) is 5.83. The van der Waals surface area contributed by atoms with Crippen LogP contribution < -0.4 is 5.32 Å². The van der Waals surface area contributed by atoms with E-state index in [0.717, 1.165) is 39.7 Å². The first-order valence-corrected chi connectivity index (χ1v) is 10.9. The fourth-order valence-electron chi connectivity index (χ4n) is 4.03. The van der Waals surface area contributed by atoms with Gasteiger partial charge in [0.2, 0.25) is 0 Å². The number of nitrogens with one attached hydrogen (secondary N) is 1. The standard InChI is InChI=1S/C27H28N2O3/c1-17-9-11-18(12-10-17)15-19-13-14-21-24(20-7-5-6-8-22(20)28-25(19)21)26(31)32-16-23(30)29-27(2,3)4/h5-12,15H,13-14,16H2,1-4H3,(H,29,30). The highest BCUT2D eigenvalue weighted by atomic mass is 16.5. The number of allylic oxidation sites excluding steroid dienone is 1. The number of amides is 1. The van der Waals surface area contributed by atoms with Crippen molar-refractivity contribution in [3.63, 3.8) is 0 Å². The van der Waals surface area contributed by atoms with E-state index in [2.05, 4.69) is 42.6 Å². The van der Waals surface area contributed by atoms with Crippen LogP contribution in [0.25, 0.3) is 22.6 Å². The molecule has 1 aliphatic rings. The minimum Gasteiger partial charge on any atom is -0.452 e. The van der Waals surface area contributed by atoms with Crippen LogP contribution in [0.2, 0.25) is 0 Å². The van der Waals surface area contributed by atoms with Gasteiger partial charge in [0.25, 0.3) is 5.91 Å². The molecule has 4 rings (SSSR count). The van der Waals surface area contributed by atoms with E-state index < -0.39 is 5.97 Å². The van der Waals surface area contributed by atoms with Crippen LogP contribution in [0.4, 0.5) is 0 Å². The topological polar surface area (TPSA) is 68.3 Å². The number of fused-ring (bicyclic) bond motifs is 2. The summed E-state index contributed by atoms with van der Waals surface area (Å²) < 4.78 is 5.44. The summed E-state index contributed by atoms with van der Waals surface area (Å²) in [6, 6.07) is 15.9. The number of rotatable bonds is 4.